The number of rotatable bonds is 12. The Morgan fingerprint density at radius 3 is 1.29 bits per heavy atom. The fraction of sp³-hybridized carbons (Fsp3) is 0.214. The van der Waals surface area contributed by atoms with E-state index >= 15 is 0 Å². The van der Waals surface area contributed by atoms with E-state index in [-0.39, 0.29) is 36.2 Å². The van der Waals surface area contributed by atoms with Gasteiger partial charge in [0.05, 0.1) is 0 Å². The maximum Gasteiger partial charge on any atom is 0.255 e. The lowest BCUT2D eigenvalue weighted by Gasteiger charge is -2.10. The molecule has 0 aliphatic carbocycles. The summed E-state index contributed by atoms with van der Waals surface area (Å²) in [4.78, 5) is 50.1. The predicted molar refractivity (Wildman–Crippen MR) is 143 cm³/mol. The van der Waals surface area contributed by atoms with Gasteiger partial charge in [0.25, 0.3) is 23.6 Å². The Labute approximate surface area is 220 Å². The Bertz CT molecular complexity index is 1200. The van der Waals surface area contributed by atoms with Crippen LogP contribution < -0.4 is 21.3 Å². The van der Waals surface area contributed by atoms with E-state index in [9.17, 15) is 19.2 Å². The summed E-state index contributed by atoms with van der Waals surface area (Å²) >= 11 is 0. The second-order valence-corrected chi connectivity index (χ2v) is 8.32. The molecule has 0 heterocycles. The molecule has 0 atom stereocenters. The third-order valence-electron chi connectivity index (χ3n) is 5.39. The first-order chi connectivity index (χ1) is 18.4. The molecule has 0 aromatic heterocycles. The summed E-state index contributed by atoms with van der Waals surface area (Å²) in [6, 6.07) is 19.0. The summed E-state index contributed by atoms with van der Waals surface area (Å²) in [7, 11) is 0. The van der Waals surface area contributed by atoms with Crippen LogP contribution in [0.15, 0.2) is 72.8 Å². The Kier molecular flexibility index (Phi) is 10.5. The van der Waals surface area contributed by atoms with Gasteiger partial charge >= 0.3 is 0 Å². The summed E-state index contributed by atoms with van der Waals surface area (Å²) < 4.78 is 0. The number of nitrogens with one attached hydrogen (secondary N) is 4. The van der Waals surface area contributed by atoms with Gasteiger partial charge in [-0.05, 0) is 67.4 Å². The minimum absolute atomic E-state index is 0.0247. The van der Waals surface area contributed by atoms with Crippen molar-refractivity contribution in [1.29, 1.82) is 0 Å². The molecule has 0 spiro atoms. The quantitative estimate of drug-likeness (QED) is 0.202. The summed E-state index contributed by atoms with van der Waals surface area (Å²) in [6.45, 7) is 0.623. The third kappa shape index (κ3) is 8.26. The molecule has 0 saturated carbocycles. The molecule has 0 unspecified atom stereocenters. The zero-order chi connectivity index (χ0) is 27.3. The highest BCUT2D eigenvalue weighted by Crippen LogP contribution is 2.16. The van der Waals surface area contributed by atoms with Crippen LogP contribution in [0.25, 0.3) is 0 Å². The van der Waals surface area contributed by atoms with Gasteiger partial charge in [0.2, 0.25) is 0 Å². The van der Waals surface area contributed by atoms with Crippen LogP contribution in [0.1, 0.15) is 54.3 Å². The second kappa shape index (κ2) is 14.3. The Hall–Kier alpha value is -4.54. The molecule has 6 N–H and O–H groups in total. The second-order valence-electron chi connectivity index (χ2n) is 8.32. The molecular weight excluding hydrogens is 488 g/mol. The monoisotopic (exact) mass is 518 g/mol. The van der Waals surface area contributed by atoms with E-state index in [1.807, 2.05) is 0 Å². The van der Waals surface area contributed by atoms with Gasteiger partial charge < -0.3 is 31.5 Å². The van der Waals surface area contributed by atoms with Crippen molar-refractivity contribution in [3.8, 4) is 0 Å². The zero-order valence-corrected chi connectivity index (χ0v) is 20.7. The van der Waals surface area contributed by atoms with Gasteiger partial charge in [-0.3, -0.25) is 19.2 Å². The molecule has 0 aliphatic heterocycles. The van der Waals surface area contributed by atoms with E-state index in [0.29, 0.717) is 48.4 Å². The van der Waals surface area contributed by atoms with Gasteiger partial charge in [0.15, 0.2) is 0 Å². The fourth-order valence-corrected chi connectivity index (χ4v) is 3.45. The molecule has 0 saturated heterocycles. The van der Waals surface area contributed by atoms with E-state index in [2.05, 4.69) is 21.3 Å². The smallest absolute Gasteiger partial charge is 0.255 e. The van der Waals surface area contributed by atoms with E-state index < -0.39 is 11.8 Å². The highest BCUT2D eigenvalue weighted by Gasteiger charge is 2.13. The average molecular weight is 519 g/mol. The Morgan fingerprint density at radius 2 is 0.895 bits per heavy atom. The van der Waals surface area contributed by atoms with Crippen LogP contribution in [0, 0.1) is 0 Å². The Balaban J connectivity index is 1.64. The average Bonchev–Trinajstić information content (AvgIpc) is 2.93. The number of carbonyl (C=O) groups is 4. The third-order valence-corrected chi connectivity index (χ3v) is 5.39. The molecule has 10 nitrogen and oxygen atoms in total. The molecule has 3 aromatic carbocycles. The maximum atomic E-state index is 12.8. The lowest BCUT2D eigenvalue weighted by atomic mass is 10.1. The van der Waals surface area contributed by atoms with Crippen molar-refractivity contribution in [2.75, 3.05) is 36.9 Å². The first-order valence-corrected chi connectivity index (χ1v) is 12.1. The number of hydrogen-bond donors (Lipinski definition) is 6. The largest absolute Gasteiger partial charge is 0.396 e. The molecule has 4 amide bonds. The van der Waals surface area contributed by atoms with E-state index in [0.717, 1.165) is 0 Å². The standard InChI is InChI=1S/C28H30N4O6/c33-14-4-12-29-25(35)21-8-2-10-23(17-21)31-27(37)19-6-1-7-20(16-19)28(38)32-24-11-3-9-22(18-24)26(36)30-13-5-15-34/h1-3,6-11,16-18,33-34H,4-5,12-15H2,(H,29,35)(H,30,36)(H,31,37)(H,32,38). The molecule has 198 valence electrons. The summed E-state index contributed by atoms with van der Waals surface area (Å²) in [5.74, 6) is -1.56. The first-order valence-electron chi connectivity index (χ1n) is 12.1. The summed E-state index contributed by atoms with van der Waals surface area (Å²) in [5, 5.41) is 28.5. The van der Waals surface area contributed by atoms with Crippen LogP contribution in [-0.4, -0.2) is 60.1 Å². The van der Waals surface area contributed by atoms with Crippen molar-refractivity contribution in [3.63, 3.8) is 0 Å². The van der Waals surface area contributed by atoms with Gasteiger partial charge in [0.1, 0.15) is 0 Å². The fourth-order valence-electron chi connectivity index (χ4n) is 3.45. The SMILES string of the molecule is O=C(NCCCO)c1cccc(NC(=O)c2cccc(C(=O)Nc3cccc(C(=O)NCCCO)c3)c2)c1. The van der Waals surface area contributed by atoms with Crippen molar-refractivity contribution in [3.05, 3.63) is 95.1 Å². The number of hydrogen-bond acceptors (Lipinski definition) is 6. The number of anilines is 2. The minimum Gasteiger partial charge on any atom is -0.396 e. The highest BCUT2D eigenvalue weighted by molar-refractivity contribution is 6.09. The number of amides is 4. The summed E-state index contributed by atoms with van der Waals surface area (Å²) in [5.41, 5.74) is 2.03. The van der Waals surface area contributed by atoms with Crippen LogP contribution in [0.5, 0.6) is 0 Å². The molecule has 0 aliphatic rings. The van der Waals surface area contributed by atoms with Crippen LogP contribution in [0.2, 0.25) is 0 Å². The molecule has 0 bridgehead atoms. The van der Waals surface area contributed by atoms with Gasteiger partial charge in [-0.15, -0.1) is 0 Å². The topological polar surface area (TPSA) is 157 Å². The summed E-state index contributed by atoms with van der Waals surface area (Å²) in [6.07, 6.45) is 0.885. The van der Waals surface area contributed by atoms with Crippen LogP contribution >= 0.6 is 0 Å². The van der Waals surface area contributed by atoms with Crippen LogP contribution in [0.3, 0.4) is 0 Å². The molecule has 3 aromatic rings. The number of benzene rings is 3. The minimum atomic E-state index is -0.459. The van der Waals surface area contributed by atoms with Gasteiger partial charge in [-0.1, -0.05) is 18.2 Å². The van der Waals surface area contributed by atoms with E-state index in [1.165, 1.54) is 18.2 Å². The number of aliphatic hydroxyl groups is 2. The molecule has 0 fully saturated rings. The lowest BCUT2D eigenvalue weighted by Crippen LogP contribution is -2.25. The molecule has 0 radical (unpaired) electrons. The molecular formula is C28H30N4O6. The lowest BCUT2D eigenvalue weighted by molar-refractivity contribution is 0.0942. The van der Waals surface area contributed by atoms with Gasteiger partial charge in [-0.25, -0.2) is 0 Å². The Morgan fingerprint density at radius 1 is 0.526 bits per heavy atom. The number of aliphatic hydroxyl groups excluding tert-OH is 2. The molecule has 38 heavy (non-hydrogen) atoms. The van der Waals surface area contributed by atoms with Crippen molar-refractivity contribution in [1.82, 2.24) is 10.6 Å². The van der Waals surface area contributed by atoms with Gasteiger partial charge in [-0.2, -0.15) is 0 Å². The van der Waals surface area contributed by atoms with Crippen molar-refractivity contribution in [2.45, 2.75) is 12.8 Å². The normalized spacial score (nSPS) is 10.4. The first kappa shape index (κ1) is 28.0. The number of carbonyl (C=O) groups excluding carboxylic acids is 4. The maximum absolute atomic E-state index is 12.8. The van der Waals surface area contributed by atoms with Crippen molar-refractivity contribution >= 4 is 35.0 Å². The molecule has 10 heteroatoms. The molecule has 3 rings (SSSR count). The zero-order valence-electron chi connectivity index (χ0n) is 20.7. The van der Waals surface area contributed by atoms with Crippen LogP contribution in [0.4, 0.5) is 11.4 Å². The van der Waals surface area contributed by atoms with E-state index in [4.69, 9.17) is 10.2 Å². The van der Waals surface area contributed by atoms with Crippen molar-refractivity contribution in [2.24, 2.45) is 0 Å². The van der Waals surface area contributed by atoms with Gasteiger partial charge in [0, 0.05) is 59.9 Å². The highest BCUT2D eigenvalue weighted by atomic mass is 16.3. The van der Waals surface area contributed by atoms with E-state index in [1.54, 1.807) is 54.6 Å². The van der Waals surface area contributed by atoms with Crippen molar-refractivity contribution < 1.29 is 29.4 Å². The predicted octanol–water partition coefficient (Wildman–Crippen LogP) is 2.42. The van der Waals surface area contributed by atoms with Crippen LogP contribution in [-0.2, 0) is 0 Å².